The summed E-state index contributed by atoms with van der Waals surface area (Å²) in [4.78, 5) is 16.8. The molecule has 1 saturated carbocycles. The Bertz CT molecular complexity index is 467. The molecule has 1 aliphatic rings. The quantitative estimate of drug-likeness (QED) is 0.778. The van der Waals surface area contributed by atoms with Gasteiger partial charge >= 0.3 is 5.97 Å². The van der Waals surface area contributed by atoms with Gasteiger partial charge in [0, 0.05) is 11.3 Å². The van der Waals surface area contributed by atoms with Crippen molar-refractivity contribution in [3.63, 3.8) is 0 Å². The van der Waals surface area contributed by atoms with E-state index in [0.717, 1.165) is 11.6 Å². The molecule has 2 rings (SSSR count). The average molecular weight is 295 g/mol. The van der Waals surface area contributed by atoms with Crippen molar-refractivity contribution in [1.82, 2.24) is 4.98 Å². The largest absolute Gasteiger partial charge is 0.465 e. The molecule has 20 heavy (non-hydrogen) atoms. The summed E-state index contributed by atoms with van der Waals surface area (Å²) in [6.07, 6.45) is 5.09. The van der Waals surface area contributed by atoms with Gasteiger partial charge in [-0.15, -0.1) is 11.3 Å². The molecule has 2 atom stereocenters. The molecule has 1 aromatic heterocycles. The highest BCUT2D eigenvalue weighted by Crippen LogP contribution is 2.38. The van der Waals surface area contributed by atoms with E-state index in [9.17, 15) is 4.79 Å². The Labute approximate surface area is 125 Å². The van der Waals surface area contributed by atoms with E-state index in [2.05, 4.69) is 6.92 Å². The maximum atomic E-state index is 12.0. The molecule has 0 radical (unpaired) electrons. The molecular formula is C16H25NO2S. The smallest absolute Gasteiger partial charge is 0.317 e. The molecule has 1 aliphatic carbocycles. The molecule has 0 N–H and O–H groups in total. The van der Waals surface area contributed by atoms with Crippen LogP contribution in [0.1, 0.15) is 70.0 Å². The summed E-state index contributed by atoms with van der Waals surface area (Å²) < 4.78 is 5.16. The molecule has 0 aromatic carbocycles. The van der Waals surface area contributed by atoms with Crippen molar-refractivity contribution >= 4 is 17.3 Å². The number of carbonyl (C=O) groups excluding carboxylic acids is 1. The number of esters is 1. The predicted octanol–water partition coefficient (Wildman–Crippen LogP) is 4.28. The van der Waals surface area contributed by atoms with E-state index in [4.69, 9.17) is 9.72 Å². The zero-order valence-electron chi connectivity index (χ0n) is 12.9. The van der Waals surface area contributed by atoms with E-state index >= 15 is 0 Å². The van der Waals surface area contributed by atoms with E-state index < -0.39 is 5.41 Å². The number of hydrogen-bond acceptors (Lipinski definition) is 4. The minimum Gasteiger partial charge on any atom is -0.465 e. The van der Waals surface area contributed by atoms with Gasteiger partial charge in [0.15, 0.2) is 0 Å². The minimum atomic E-state index is -0.648. The fourth-order valence-corrected chi connectivity index (χ4v) is 3.97. The summed E-state index contributed by atoms with van der Waals surface area (Å²) in [5.74, 6) is 1.18. The summed E-state index contributed by atoms with van der Waals surface area (Å²) in [5.41, 5.74) is 0.208. The number of rotatable bonds is 4. The second-order valence-electron chi connectivity index (χ2n) is 6.39. The molecule has 1 aromatic rings. The molecule has 1 fully saturated rings. The fourth-order valence-electron chi connectivity index (χ4n) is 2.84. The first kappa shape index (κ1) is 15.5. The van der Waals surface area contributed by atoms with Crippen LogP contribution in [0.3, 0.4) is 0 Å². The second kappa shape index (κ2) is 6.25. The van der Waals surface area contributed by atoms with Gasteiger partial charge in [0.2, 0.25) is 0 Å². The van der Waals surface area contributed by atoms with Crippen LogP contribution in [-0.4, -0.2) is 17.6 Å². The average Bonchev–Trinajstić information content (AvgIpc) is 2.89. The molecule has 0 amide bonds. The number of hydrogen-bond donors (Lipinski definition) is 0. The lowest BCUT2D eigenvalue weighted by Crippen LogP contribution is -2.31. The molecule has 0 aliphatic heterocycles. The third-order valence-corrected chi connectivity index (χ3v) is 5.24. The maximum absolute atomic E-state index is 12.0. The monoisotopic (exact) mass is 295 g/mol. The van der Waals surface area contributed by atoms with Gasteiger partial charge in [-0.05, 0) is 39.5 Å². The Morgan fingerprint density at radius 3 is 2.90 bits per heavy atom. The summed E-state index contributed by atoms with van der Waals surface area (Å²) in [5, 5.41) is 3.23. The molecular weight excluding hydrogens is 270 g/mol. The first-order chi connectivity index (χ1) is 9.45. The number of ether oxygens (including phenoxy) is 1. The van der Waals surface area contributed by atoms with Crippen molar-refractivity contribution in [2.45, 2.75) is 64.7 Å². The lowest BCUT2D eigenvalue weighted by Gasteiger charge is -2.25. The Morgan fingerprint density at radius 1 is 1.50 bits per heavy atom. The van der Waals surface area contributed by atoms with Crippen molar-refractivity contribution in [2.75, 3.05) is 6.61 Å². The highest BCUT2D eigenvalue weighted by atomic mass is 32.1. The van der Waals surface area contributed by atoms with Crippen LogP contribution in [-0.2, 0) is 14.9 Å². The van der Waals surface area contributed by atoms with Crippen molar-refractivity contribution in [3.8, 4) is 0 Å². The van der Waals surface area contributed by atoms with Crippen LogP contribution in [0.25, 0.3) is 0 Å². The topological polar surface area (TPSA) is 39.2 Å². The maximum Gasteiger partial charge on any atom is 0.317 e. The van der Waals surface area contributed by atoms with Crippen LogP contribution in [0.15, 0.2) is 5.38 Å². The highest BCUT2D eigenvalue weighted by Gasteiger charge is 2.34. The number of nitrogens with zero attached hydrogens (tertiary/aromatic N) is 1. The third-order valence-electron chi connectivity index (χ3n) is 4.23. The van der Waals surface area contributed by atoms with Gasteiger partial charge in [-0.1, -0.05) is 19.8 Å². The van der Waals surface area contributed by atoms with Crippen LogP contribution in [0, 0.1) is 5.92 Å². The van der Waals surface area contributed by atoms with Gasteiger partial charge in [-0.3, -0.25) is 4.79 Å². The summed E-state index contributed by atoms with van der Waals surface area (Å²) >= 11 is 1.70. The van der Waals surface area contributed by atoms with Crippen molar-refractivity contribution in [3.05, 3.63) is 16.1 Å². The molecule has 112 valence electrons. The molecule has 4 heteroatoms. The van der Waals surface area contributed by atoms with Crippen molar-refractivity contribution < 1.29 is 9.53 Å². The minimum absolute atomic E-state index is 0.186. The van der Waals surface area contributed by atoms with Crippen LogP contribution < -0.4 is 0 Å². The van der Waals surface area contributed by atoms with Gasteiger partial charge in [0.1, 0.15) is 5.41 Å². The first-order valence-corrected chi connectivity index (χ1v) is 8.46. The van der Waals surface area contributed by atoms with E-state index in [1.54, 1.807) is 11.3 Å². The molecule has 1 heterocycles. The van der Waals surface area contributed by atoms with Crippen LogP contribution in [0.4, 0.5) is 0 Å². The Balaban J connectivity index is 2.13. The summed E-state index contributed by atoms with van der Waals surface area (Å²) in [7, 11) is 0. The van der Waals surface area contributed by atoms with Crippen LogP contribution in [0.5, 0.6) is 0 Å². The van der Waals surface area contributed by atoms with Gasteiger partial charge < -0.3 is 4.74 Å². The normalized spacial score (nSPS) is 23.6. The zero-order valence-corrected chi connectivity index (χ0v) is 13.8. The van der Waals surface area contributed by atoms with Crippen molar-refractivity contribution in [1.29, 1.82) is 0 Å². The molecule has 3 nitrogen and oxygen atoms in total. The van der Waals surface area contributed by atoms with Crippen molar-refractivity contribution in [2.24, 2.45) is 5.92 Å². The molecule has 0 saturated heterocycles. The predicted molar refractivity (Wildman–Crippen MR) is 82.1 cm³/mol. The fraction of sp³-hybridized carbons (Fsp3) is 0.750. The lowest BCUT2D eigenvalue weighted by atomic mass is 9.83. The molecule has 0 spiro atoms. The van der Waals surface area contributed by atoms with Crippen LogP contribution in [0.2, 0.25) is 0 Å². The van der Waals surface area contributed by atoms with E-state index in [1.807, 2.05) is 26.2 Å². The number of aromatic nitrogens is 1. The summed E-state index contributed by atoms with van der Waals surface area (Å²) in [6, 6.07) is 0. The molecule has 2 unspecified atom stereocenters. The SMILES string of the molecule is CCOC(=O)C(C)(C)c1csc(C2CCCC(C)C2)n1. The van der Waals surface area contributed by atoms with Gasteiger partial charge in [-0.2, -0.15) is 0 Å². The number of carbonyl (C=O) groups is 1. The lowest BCUT2D eigenvalue weighted by molar-refractivity contribution is -0.148. The zero-order chi connectivity index (χ0) is 14.8. The highest BCUT2D eigenvalue weighted by molar-refractivity contribution is 7.09. The number of thiazole rings is 1. The molecule has 0 bridgehead atoms. The first-order valence-electron chi connectivity index (χ1n) is 7.58. The second-order valence-corrected chi connectivity index (χ2v) is 7.27. The Morgan fingerprint density at radius 2 is 2.25 bits per heavy atom. The van der Waals surface area contributed by atoms with Crippen LogP contribution >= 0.6 is 11.3 Å². The summed E-state index contributed by atoms with van der Waals surface area (Å²) in [6.45, 7) is 8.37. The standard InChI is InChI=1S/C16H25NO2S/c1-5-19-15(18)16(3,4)13-10-20-14(17-13)12-8-6-7-11(2)9-12/h10-12H,5-9H2,1-4H3. The van der Waals surface area contributed by atoms with E-state index in [-0.39, 0.29) is 5.97 Å². The van der Waals surface area contributed by atoms with Gasteiger partial charge in [-0.25, -0.2) is 4.98 Å². The van der Waals surface area contributed by atoms with E-state index in [1.165, 1.54) is 30.7 Å². The Kier molecular flexibility index (Phi) is 4.84. The van der Waals surface area contributed by atoms with Gasteiger partial charge in [0.25, 0.3) is 0 Å². The van der Waals surface area contributed by atoms with Gasteiger partial charge in [0.05, 0.1) is 17.3 Å². The Hall–Kier alpha value is -0.900. The van der Waals surface area contributed by atoms with E-state index in [0.29, 0.717) is 12.5 Å². The third kappa shape index (κ3) is 3.22.